The van der Waals surface area contributed by atoms with E-state index >= 15 is 0 Å². The molecule has 1 aliphatic rings. The lowest BCUT2D eigenvalue weighted by atomic mass is 10.1. The van der Waals surface area contributed by atoms with Crippen molar-refractivity contribution in [1.29, 1.82) is 0 Å². The van der Waals surface area contributed by atoms with Crippen LogP contribution in [0.1, 0.15) is 18.9 Å². The van der Waals surface area contributed by atoms with E-state index < -0.39 is 10.0 Å². The Hall–Kier alpha value is -2.94. The first-order valence-electron chi connectivity index (χ1n) is 10.7. The highest BCUT2D eigenvalue weighted by Gasteiger charge is 2.32. The van der Waals surface area contributed by atoms with E-state index in [0.29, 0.717) is 36.7 Å². The van der Waals surface area contributed by atoms with Gasteiger partial charge in [0.1, 0.15) is 17.1 Å². The van der Waals surface area contributed by atoms with Crippen molar-refractivity contribution in [3.05, 3.63) is 71.9 Å². The van der Waals surface area contributed by atoms with Crippen LogP contribution in [0.2, 0.25) is 5.02 Å². The second-order valence-electron chi connectivity index (χ2n) is 7.95. The van der Waals surface area contributed by atoms with Gasteiger partial charge in [-0.3, -0.25) is 0 Å². The average molecular weight is 483 g/mol. The van der Waals surface area contributed by atoms with E-state index in [2.05, 4.69) is 9.55 Å². The third-order valence-electron chi connectivity index (χ3n) is 6.03. The van der Waals surface area contributed by atoms with E-state index in [1.54, 1.807) is 12.3 Å². The Morgan fingerprint density at radius 1 is 1.03 bits per heavy atom. The summed E-state index contributed by atoms with van der Waals surface area (Å²) in [5, 5.41) is 0.378. The third kappa shape index (κ3) is 3.99. The summed E-state index contributed by atoms with van der Waals surface area (Å²) in [6.45, 7) is 0.803. The van der Waals surface area contributed by atoms with Crippen LogP contribution in [0.25, 0.3) is 22.6 Å². The summed E-state index contributed by atoms with van der Waals surface area (Å²) in [6, 6.07) is 18.5. The highest BCUT2D eigenvalue weighted by molar-refractivity contribution is 7.89. The first-order chi connectivity index (χ1) is 16.0. The largest absolute Gasteiger partial charge is 0.495 e. The Bertz CT molecular complexity index is 1400. The molecule has 1 fully saturated rings. The minimum absolute atomic E-state index is 0.0892. The van der Waals surface area contributed by atoms with Gasteiger partial charge in [0, 0.05) is 37.0 Å². The number of benzene rings is 2. The number of halogens is 1. The second-order valence-corrected chi connectivity index (χ2v) is 10.3. The monoisotopic (exact) mass is 482 g/mol. The Morgan fingerprint density at radius 2 is 1.79 bits per heavy atom. The smallest absolute Gasteiger partial charge is 0.243 e. The van der Waals surface area contributed by atoms with E-state index in [4.69, 9.17) is 21.3 Å². The van der Waals surface area contributed by atoms with Crippen LogP contribution < -0.4 is 4.74 Å². The summed E-state index contributed by atoms with van der Waals surface area (Å²) in [7, 11) is -2.19. The standard InChI is InChI=1S/C24H23ClN4O3S/c1-32-22-16-19(9-10-20(22)25)33(30,31)28-14-11-18(12-15-28)29-23(17-6-3-2-4-7-17)27-21-8-5-13-26-24(21)29/h2-10,13,16,18H,11-12,14-15H2,1H3. The molecule has 0 saturated carbocycles. The molecule has 2 aromatic heterocycles. The predicted octanol–water partition coefficient (Wildman–Crippen LogP) is 4.79. The topological polar surface area (TPSA) is 77.3 Å². The number of ether oxygens (including phenoxy) is 1. The number of sulfonamides is 1. The van der Waals surface area contributed by atoms with Crippen LogP contribution in [-0.4, -0.2) is 47.5 Å². The molecule has 0 amide bonds. The summed E-state index contributed by atoms with van der Waals surface area (Å²) < 4.78 is 35.4. The second kappa shape index (κ2) is 8.78. The fraction of sp³-hybridized carbons (Fsp3) is 0.250. The van der Waals surface area contributed by atoms with Gasteiger partial charge in [-0.25, -0.2) is 18.4 Å². The van der Waals surface area contributed by atoms with Gasteiger partial charge < -0.3 is 9.30 Å². The van der Waals surface area contributed by atoms with E-state index in [-0.39, 0.29) is 10.9 Å². The lowest BCUT2D eigenvalue weighted by Gasteiger charge is -2.32. The molecule has 7 nitrogen and oxygen atoms in total. The number of pyridine rings is 1. The van der Waals surface area contributed by atoms with Gasteiger partial charge in [0.2, 0.25) is 10.0 Å². The number of hydrogen-bond donors (Lipinski definition) is 0. The van der Waals surface area contributed by atoms with Gasteiger partial charge in [0.15, 0.2) is 5.65 Å². The summed E-state index contributed by atoms with van der Waals surface area (Å²) in [5.74, 6) is 1.20. The Balaban J connectivity index is 1.44. The molecule has 0 N–H and O–H groups in total. The summed E-state index contributed by atoms with van der Waals surface area (Å²) in [4.78, 5) is 9.61. The van der Waals surface area contributed by atoms with Crippen molar-refractivity contribution in [2.24, 2.45) is 0 Å². The van der Waals surface area contributed by atoms with E-state index in [0.717, 1.165) is 22.6 Å². The molecule has 9 heteroatoms. The van der Waals surface area contributed by atoms with Crippen LogP contribution in [0.4, 0.5) is 0 Å². The molecule has 4 aromatic rings. The molecule has 0 aliphatic carbocycles. The van der Waals surface area contributed by atoms with E-state index in [1.807, 2.05) is 42.5 Å². The molecular formula is C24H23ClN4O3S. The van der Waals surface area contributed by atoms with Crippen molar-refractivity contribution >= 4 is 32.8 Å². The Labute approximate surface area is 197 Å². The normalized spacial score (nSPS) is 15.7. The maximum Gasteiger partial charge on any atom is 0.243 e. The fourth-order valence-electron chi connectivity index (χ4n) is 4.36. The molecule has 0 radical (unpaired) electrons. The van der Waals surface area contributed by atoms with Crippen LogP contribution in [-0.2, 0) is 10.0 Å². The van der Waals surface area contributed by atoms with Gasteiger partial charge in [-0.2, -0.15) is 4.31 Å². The maximum absolute atomic E-state index is 13.3. The third-order valence-corrected chi connectivity index (χ3v) is 8.24. The molecule has 0 bridgehead atoms. The van der Waals surface area contributed by atoms with Gasteiger partial charge in [-0.05, 0) is 37.1 Å². The van der Waals surface area contributed by atoms with Crippen LogP contribution in [0, 0.1) is 0 Å². The molecule has 2 aromatic carbocycles. The molecule has 1 aliphatic heterocycles. The van der Waals surface area contributed by atoms with Crippen LogP contribution in [0.15, 0.2) is 71.8 Å². The molecular weight excluding hydrogens is 460 g/mol. The SMILES string of the molecule is COc1cc(S(=O)(=O)N2CCC(n3c(-c4ccccc4)nc4cccnc43)CC2)ccc1Cl. The lowest BCUT2D eigenvalue weighted by Crippen LogP contribution is -2.39. The zero-order chi connectivity index (χ0) is 23.0. The van der Waals surface area contributed by atoms with Crippen molar-refractivity contribution in [1.82, 2.24) is 18.8 Å². The van der Waals surface area contributed by atoms with Crippen molar-refractivity contribution in [3.8, 4) is 17.1 Å². The first-order valence-corrected chi connectivity index (χ1v) is 12.5. The minimum Gasteiger partial charge on any atom is -0.495 e. The molecule has 3 heterocycles. The van der Waals surface area contributed by atoms with Gasteiger partial charge in [0.05, 0.1) is 17.0 Å². The van der Waals surface area contributed by atoms with Crippen molar-refractivity contribution in [2.45, 2.75) is 23.8 Å². The Kier molecular flexibility index (Phi) is 5.82. The Morgan fingerprint density at radius 3 is 2.52 bits per heavy atom. The number of fused-ring (bicyclic) bond motifs is 1. The first kappa shape index (κ1) is 21.9. The fourth-order valence-corrected chi connectivity index (χ4v) is 6.04. The van der Waals surface area contributed by atoms with Crippen LogP contribution in [0.3, 0.4) is 0 Å². The number of piperidine rings is 1. The lowest BCUT2D eigenvalue weighted by molar-refractivity contribution is 0.278. The van der Waals surface area contributed by atoms with Crippen LogP contribution >= 0.6 is 11.6 Å². The van der Waals surface area contributed by atoms with Crippen molar-refractivity contribution in [3.63, 3.8) is 0 Å². The number of methoxy groups -OCH3 is 1. The highest BCUT2D eigenvalue weighted by Crippen LogP contribution is 2.35. The molecule has 1 saturated heterocycles. The number of imidazole rings is 1. The summed E-state index contributed by atoms with van der Waals surface area (Å²) >= 11 is 6.07. The number of nitrogens with zero attached hydrogens (tertiary/aromatic N) is 4. The molecule has 0 atom stereocenters. The van der Waals surface area contributed by atoms with E-state index in [9.17, 15) is 8.42 Å². The van der Waals surface area contributed by atoms with Crippen molar-refractivity contribution < 1.29 is 13.2 Å². The molecule has 0 unspecified atom stereocenters. The molecule has 0 spiro atoms. The van der Waals surface area contributed by atoms with Crippen molar-refractivity contribution in [2.75, 3.05) is 20.2 Å². The molecule has 33 heavy (non-hydrogen) atoms. The highest BCUT2D eigenvalue weighted by atomic mass is 35.5. The number of hydrogen-bond acceptors (Lipinski definition) is 5. The van der Waals surface area contributed by atoms with Gasteiger partial charge >= 0.3 is 0 Å². The summed E-state index contributed by atoms with van der Waals surface area (Å²) in [5.41, 5.74) is 2.67. The van der Waals surface area contributed by atoms with Gasteiger partial charge in [0.25, 0.3) is 0 Å². The van der Waals surface area contributed by atoms with Gasteiger partial charge in [-0.15, -0.1) is 0 Å². The van der Waals surface area contributed by atoms with Gasteiger partial charge in [-0.1, -0.05) is 41.9 Å². The minimum atomic E-state index is -3.65. The molecule has 170 valence electrons. The molecule has 5 rings (SSSR count). The number of aromatic nitrogens is 3. The van der Waals surface area contributed by atoms with E-state index in [1.165, 1.54) is 23.5 Å². The van der Waals surface area contributed by atoms with Crippen LogP contribution in [0.5, 0.6) is 5.75 Å². The average Bonchev–Trinajstić information content (AvgIpc) is 3.24. The predicted molar refractivity (Wildman–Crippen MR) is 128 cm³/mol. The maximum atomic E-state index is 13.3. The zero-order valence-corrected chi connectivity index (χ0v) is 19.6. The number of rotatable bonds is 5. The summed E-state index contributed by atoms with van der Waals surface area (Å²) in [6.07, 6.45) is 3.08. The quantitative estimate of drug-likeness (QED) is 0.409. The zero-order valence-electron chi connectivity index (χ0n) is 18.1.